The number of carbonyl (C=O) groups is 5. The van der Waals surface area contributed by atoms with Gasteiger partial charge in [-0.1, -0.05) is 67.8 Å². The first-order valence-electron chi connectivity index (χ1n) is 30.4. The number of likely N-dealkylation sites (tertiary alicyclic amines) is 1. The lowest BCUT2D eigenvalue weighted by Gasteiger charge is -2.36. The molecule has 0 radical (unpaired) electrons. The minimum atomic E-state index is -0.968. The third-order valence-electron chi connectivity index (χ3n) is 16.5. The van der Waals surface area contributed by atoms with E-state index in [1.807, 2.05) is 51.6 Å². The van der Waals surface area contributed by atoms with Crippen molar-refractivity contribution in [3.05, 3.63) is 100 Å². The number of ether oxygens (including phenoxy) is 4. The van der Waals surface area contributed by atoms with Crippen molar-refractivity contribution in [2.45, 2.75) is 103 Å². The van der Waals surface area contributed by atoms with Gasteiger partial charge in [0, 0.05) is 93.6 Å². The molecular weight excluding hydrogens is 1190 g/mol. The van der Waals surface area contributed by atoms with E-state index in [4.69, 9.17) is 40.5 Å². The van der Waals surface area contributed by atoms with Crippen molar-refractivity contribution in [2.75, 3.05) is 103 Å². The predicted molar refractivity (Wildman–Crippen MR) is 339 cm³/mol. The number of benzene rings is 4. The molecule has 476 valence electrons. The predicted octanol–water partition coefficient (Wildman–Crippen LogP) is 10.4. The van der Waals surface area contributed by atoms with Crippen LogP contribution in [0, 0.1) is 17.6 Å². The van der Waals surface area contributed by atoms with E-state index in [2.05, 4.69) is 22.2 Å². The van der Waals surface area contributed by atoms with Crippen molar-refractivity contribution >= 4 is 86.1 Å². The highest BCUT2D eigenvalue weighted by Gasteiger charge is 2.41. The Morgan fingerprint density at radius 3 is 2.29 bits per heavy atom. The van der Waals surface area contributed by atoms with E-state index in [-0.39, 0.29) is 89.9 Å². The molecule has 1 aliphatic carbocycles. The van der Waals surface area contributed by atoms with E-state index >= 15 is 8.78 Å². The van der Waals surface area contributed by atoms with E-state index in [1.54, 1.807) is 39.6 Å². The highest BCUT2D eigenvalue weighted by Crippen LogP contribution is 2.44. The number of thiazole rings is 1. The molecule has 3 N–H and O–H groups in total. The number of aromatic nitrogens is 3. The van der Waals surface area contributed by atoms with Gasteiger partial charge in [0.1, 0.15) is 58.0 Å². The average Bonchev–Trinajstić information content (AvgIpc) is 1.22. The lowest BCUT2D eigenvalue weighted by Crippen LogP contribution is -2.56. The Bertz CT molecular complexity index is 3520. The maximum Gasteiger partial charge on any atom is 0.410 e. The normalized spacial score (nSPS) is 16.3. The zero-order chi connectivity index (χ0) is 63.5. The summed E-state index contributed by atoms with van der Waals surface area (Å²) in [5.41, 5.74) is 0.0442. The number of hydrogen-bond acceptors (Lipinski definition) is 16. The molecule has 2 aromatic heterocycles. The average molecular weight is 1270 g/mol. The first-order valence-corrected chi connectivity index (χ1v) is 31.6. The smallest absolute Gasteiger partial charge is 0.410 e. The van der Waals surface area contributed by atoms with Crippen molar-refractivity contribution in [3.63, 3.8) is 0 Å². The largest absolute Gasteiger partial charge is 0.507 e. The Morgan fingerprint density at radius 1 is 0.854 bits per heavy atom. The molecule has 6 aromatic rings. The lowest BCUT2D eigenvalue weighted by atomic mass is 9.83. The number of amides is 5. The quantitative estimate of drug-likeness (QED) is 0.0379. The summed E-state index contributed by atoms with van der Waals surface area (Å²) in [6, 6.07) is 15.1. The fourth-order valence-corrected chi connectivity index (χ4v) is 12.8. The number of anilines is 2. The van der Waals surface area contributed by atoms with Gasteiger partial charge in [-0.25, -0.2) is 23.5 Å². The molecule has 5 amide bonds. The molecule has 4 aromatic carbocycles. The number of halogens is 3. The van der Waals surface area contributed by atoms with Gasteiger partial charge in [0.05, 0.1) is 48.7 Å². The van der Waals surface area contributed by atoms with E-state index in [0.29, 0.717) is 64.0 Å². The fourth-order valence-electron chi connectivity index (χ4n) is 11.5. The molecule has 0 unspecified atom stereocenters. The van der Waals surface area contributed by atoms with Crippen molar-refractivity contribution in [2.24, 2.45) is 5.92 Å². The Hall–Kier alpha value is -7.73. The third kappa shape index (κ3) is 15.8. The zero-order valence-corrected chi connectivity index (χ0v) is 52.9. The molecule has 89 heavy (non-hydrogen) atoms. The van der Waals surface area contributed by atoms with Crippen LogP contribution < -0.4 is 20.3 Å². The molecule has 1 saturated carbocycles. The summed E-state index contributed by atoms with van der Waals surface area (Å²) in [5, 5.41) is 21.5. The maximum absolute atomic E-state index is 16.6. The second kappa shape index (κ2) is 29.7. The molecule has 3 aliphatic rings. The standard InChI is InChI=1S/C65H79ClF2N10O10S/c1-8-52(80)76-28-30-77(31-29-76)59-45-38-46(66)54(55-47(67)20-14-22-50(55)79)56(68)58(45)72-63(73-59)69-26-25-53(81)74(6)32-33-85-34-35-86-36-37-87-51-24-23-43(42-18-12-13-19-44(42)51)48-39-89-61(70-48)49-21-15-27-78(49)62(83)57(41-16-10-9-11-17-41)71-60(82)40(2)75(7)64(84)88-65(3,4)5/h8,12-14,18-20,22-24,38-41,49,57,79H,1,9-11,15-17,21,25-37H2,2-7H3,(H,71,82)(H,69,72,73)/t40-,49-,57-/m0/s1. The maximum atomic E-state index is 16.6. The molecule has 3 atom stereocenters. The van der Waals surface area contributed by atoms with Crippen LogP contribution in [-0.2, 0) is 33.4 Å². The highest BCUT2D eigenvalue weighted by atomic mass is 35.5. The van der Waals surface area contributed by atoms with Crippen LogP contribution in [0.5, 0.6) is 11.5 Å². The van der Waals surface area contributed by atoms with Crippen LogP contribution in [0.2, 0.25) is 5.02 Å². The number of fused-ring (bicyclic) bond motifs is 2. The van der Waals surface area contributed by atoms with Gasteiger partial charge >= 0.3 is 6.09 Å². The van der Waals surface area contributed by atoms with Crippen molar-refractivity contribution in [3.8, 4) is 33.9 Å². The van der Waals surface area contributed by atoms with Gasteiger partial charge in [0.15, 0.2) is 5.82 Å². The van der Waals surface area contributed by atoms with E-state index in [1.165, 1.54) is 52.5 Å². The summed E-state index contributed by atoms with van der Waals surface area (Å²) in [6.07, 6.45) is 6.96. The molecule has 24 heteroatoms. The molecule has 0 bridgehead atoms. The number of phenols is 1. The van der Waals surface area contributed by atoms with Crippen molar-refractivity contribution in [1.29, 1.82) is 0 Å². The van der Waals surface area contributed by atoms with Crippen LogP contribution >= 0.6 is 22.9 Å². The van der Waals surface area contributed by atoms with Crippen LogP contribution in [0.4, 0.5) is 25.3 Å². The molecular formula is C65H79ClF2N10O10S. The fraction of sp³-hybridized carbons (Fsp3) is 0.477. The lowest BCUT2D eigenvalue weighted by molar-refractivity contribution is -0.140. The van der Waals surface area contributed by atoms with Gasteiger partial charge in [-0.3, -0.25) is 24.1 Å². The zero-order valence-electron chi connectivity index (χ0n) is 51.3. The van der Waals surface area contributed by atoms with E-state index in [0.717, 1.165) is 78.0 Å². The third-order valence-corrected chi connectivity index (χ3v) is 17.7. The van der Waals surface area contributed by atoms with Crippen molar-refractivity contribution < 1.29 is 56.8 Å². The molecule has 3 fully saturated rings. The highest BCUT2D eigenvalue weighted by molar-refractivity contribution is 7.10. The summed E-state index contributed by atoms with van der Waals surface area (Å²) >= 11 is 8.13. The Morgan fingerprint density at radius 2 is 1.57 bits per heavy atom. The van der Waals surface area contributed by atoms with Crippen LogP contribution in [-0.4, -0.2) is 180 Å². The van der Waals surface area contributed by atoms with Gasteiger partial charge < -0.3 is 54.3 Å². The first-order chi connectivity index (χ1) is 42.7. The SMILES string of the molecule is C=CC(=O)N1CCN(c2nc(NCCC(=O)N(C)CCOCCOCCOc3ccc(-c4csc([C@@H]5CCCN5C(=O)[C@@H](NC(=O)[C@H](C)N(C)C(=O)OC(C)(C)C)C5CCCCC5)n4)c4ccccc34)nc3c(F)c(-c4c(O)cccc4F)c(Cl)cc23)CC1. The van der Waals surface area contributed by atoms with Crippen LogP contribution in [0.1, 0.15) is 90.1 Å². The Balaban J connectivity index is 0.734. The summed E-state index contributed by atoms with van der Waals surface area (Å²) < 4.78 is 55.1. The van der Waals surface area contributed by atoms with Gasteiger partial charge in [-0.05, 0) is 101 Å². The number of nitrogens with zero attached hydrogens (tertiary/aromatic N) is 8. The Labute approximate surface area is 526 Å². The minimum absolute atomic E-state index is 0.00695. The minimum Gasteiger partial charge on any atom is -0.507 e. The number of likely N-dealkylation sites (N-methyl/N-ethyl adjacent to an activating group) is 2. The molecule has 9 rings (SSSR count). The monoisotopic (exact) mass is 1260 g/mol. The number of carbonyl (C=O) groups excluding carboxylic acids is 5. The van der Waals surface area contributed by atoms with Crippen molar-refractivity contribution in [1.82, 2.24) is 39.9 Å². The molecule has 0 spiro atoms. The number of nitrogens with one attached hydrogen (secondary N) is 2. The molecule has 2 saturated heterocycles. The summed E-state index contributed by atoms with van der Waals surface area (Å²) in [4.78, 5) is 89.4. The molecule has 2 aliphatic heterocycles. The van der Waals surface area contributed by atoms with Gasteiger partial charge in [-0.15, -0.1) is 11.3 Å². The first kappa shape index (κ1) is 65.7. The van der Waals surface area contributed by atoms with E-state index < -0.39 is 52.6 Å². The van der Waals surface area contributed by atoms with Crippen LogP contribution in [0.25, 0.3) is 44.1 Å². The molecule has 20 nitrogen and oxygen atoms in total. The number of aromatic hydroxyl groups is 1. The summed E-state index contributed by atoms with van der Waals surface area (Å²) in [6.45, 7) is 14.3. The van der Waals surface area contributed by atoms with Gasteiger partial charge in [0.2, 0.25) is 29.6 Å². The number of rotatable bonds is 24. The molecule has 4 heterocycles. The van der Waals surface area contributed by atoms with Gasteiger partial charge in [-0.2, -0.15) is 4.98 Å². The number of hydrogen-bond donors (Lipinski definition) is 3. The summed E-state index contributed by atoms with van der Waals surface area (Å²) in [7, 11) is 3.20. The Kier molecular flexibility index (Phi) is 21.9. The number of phenolic OH excluding ortho intramolecular Hbond substituents is 1. The topological polar surface area (TPSA) is 221 Å². The van der Waals surface area contributed by atoms with Crippen LogP contribution in [0.15, 0.2) is 78.7 Å². The second-order valence-corrected chi connectivity index (χ2v) is 24.9. The van der Waals surface area contributed by atoms with Crippen LogP contribution in [0.3, 0.4) is 0 Å². The number of piperazine rings is 1. The van der Waals surface area contributed by atoms with Gasteiger partial charge in [0.25, 0.3) is 0 Å². The summed E-state index contributed by atoms with van der Waals surface area (Å²) in [5.74, 6) is -2.27. The second-order valence-electron chi connectivity index (χ2n) is 23.6. The van der Waals surface area contributed by atoms with E-state index in [9.17, 15) is 29.1 Å².